The topological polar surface area (TPSA) is 110 Å². The minimum absolute atomic E-state index is 0.0142. The van der Waals surface area contributed by atoms with Crippen molar-refractivity contribution in [3.8, 4) is 0 Å². The summed E-state index contributed by atoms with van der Waals surface area (Å²) in [5, 5.41) is 20.1. The van der Waals surface area contributed by atoms with Gasteiger partial charge in [0.2, 0.25) is 0 Å². The van der Waals surface area contributed by atoms with Crippen molar-refractivity contribution in [2.75, 3.05) is 4.90 Å². The van der Waals surface area contributed by atoms with E-state index in [9.17, 15) is 20.0 Å². The molecule has 0 spiro atoms. The van der Waals surface area contributed by atoms with Gasteiger partial charge in [0.15, 0.2) is 0 Å². The molecule has 1 aliphatic carbocycles. The molecule has 1 aliphatic rings. The maximum absolute atomic E-state index is 11.4. The monoisotopic (exact) mass is 307 g/mol. The van der Waals surface area contributed by atoms with Crippen LogP contribution < -0.4 is 10.6 Å². The number of carboxylic acids is 1. The molecule has 1 aromatic carbocycles. The van der Waals surface area contributed by atoms with Crippen LogP contribution in [0.2, 0.25) is 0 Å². The summed E-state index contributed by atoms with van der Waals surface area (Å²) in [5.41, 5.74) is 6.83. The van der Waals surface area contributed by atoms with Crippen molar-refractivity contribution < 1.29 is 14.8 Å². The zero-order valence-electron chi connectivity index (χ0n) is 12.5. The molecular weight excluding hydrogens is 286 g/mol. The van der Waals surface area contributed by atoms with E-state index in [2.05, 4.69) is 0 Å². The van der Waals surface area contributed by atoms with Crippen LogP contribution in [0.15, 0.2) is 24.3 Å². The Balaban J connectivity index is 2.34. The Hall–Kier alpha value is -2.15. The Kier molecular flexibility index (Phi) is 4.97. The van der Waals surface area contributed by atoms with E-state index < -0.39 is 16.9 Å². The fraction of sp³-hybridized carbons (Fsp3) is 0.533. The largest absolute Gasteiger partial charge is 0.480 e. The van der Waals surface area contributed by atoms with Gasteiger partial charge in [0.05, 0.1) is 4.92 Å². The molecule has 7 nitrogen and oxygen atoms in total. The number of benzene rings is 1. The molecule has 7 heteroatoms. The predicted octanol–water partition coefficient (Wildman–Crippen LogP) is 2.14. The van der Waals surface area contributed by atoms with Gasteiger partial charge in [-0.3, -0.25) is 10.1 Å². The van der Waals surface area contributed by atoms with Crippen LogP contribution in [0.5, 0.6) is 0 Å². The normalized spacial score (nSPS) is 22.8. The second-order valence-corrected chi connectivity index (χ2v) is 5.71. The summed E-state index contributed by atoms with van der Waals surface area (Å²) < 4.78 is 0. The average Bonchev–Trinajstić information content (AvgIpc) is 2.49. The fourth-order valence-electron chi connectivity index (χ4n) is 3.05. The average molecular weight is 307 g/mol. The van der Waals surface area contributed by atoms with Crippen LogP contribution >= 0.6 is 0 Å². The summed E-state index contributed by atoms with van der Waals surface area (Å²) in [6, 6.07) is 5.08. The maximum atomic E-state index is 11.4. The first-order valence-electron chi connectivity index (χ1n) is 7.43. The Morgan fingerprint density at radius 1 is 1.36 bits per heavy atom. The van der Waals surface area contributed by atoms with Crippen LogP contribution in [0.4, 0.5) is 11.4 Å². The van der Waals surface area contributed by atoms with Gasteiger partial charge >= 0.3 is 5.97 Å². The highest BCUT2D eigenvalue weighted by atomic mass is 16.6. The Bertz CT molecular complexity index is 546. The molecule has 120 valence electrons. The molecule has 0 amide bonds. The van der Waals surface area contributed by atoms with Gasteiger partial charge in [-0.15, -0.1) is 0 Å². The standard InChI is InChI=1S/C15H21N3O4/c1-10(15(19)20)17(14-5-3-2-4-13(14)16)11-6-8-12(9-7-11)18(21)22/h6-10,13-14H,2-5,16H2,1H3,(H,19,20). The van der Waals surface area contributed by atoms with E-state index in [1.54, 1.807) is 24.0 Å². The fourth-order valence-corrected chi connectivity index (χ4v) is 3.05. The molecule has 0 saturated heterocycles. The number of carbonyl (C=O) groups is 1. The highest BCUT2D eigenvalue weighted by Crippen LogP contribution is 2.30. The second-order valence-electron chi connectivity index (χ2n) is 5.71. The molecule has 0 bridgehead atoms. The number of non-ortho nitro benzene ring substituents is 1. The third kappa shape index (κ3) is 3.36. The number of nitro benzene ring substituents is 1. The van der Waals surface area contributed by atoms with E-state index in [-0.39, 0.29) is 17.8 Å². The van der Waals surface area contributed by atoms with Crippen LogP contribution in [0.25, 0.3) is 0 Å². The van der Waals surface area contributed by atoms with Crippen LogP contribution in [0.1, 0.15) is 32.6 Å². The number of hydrogen-bond acceptors (Lipinski definition) is 5. The van der Waals surface area contributed by atoms with Gasteiger partial charge in [-0.1, -0.05) is 12.8 Å². The summed E-state index contributed by atoms with van der Waals surface area (Å²) in [4.78, 5) is 23.5. The lowest BCUT2D eigenvalue weighted by atomic mass is 9.88. The van der Waals surface area contributed by atoms with Crippen molar-refractivity contribution in [1.82, 2.24) is 0 Å². The number of carboxylic acid groups (broad SMARTS) is 1. The maximum Gasteiger partial charge on any atom is 0.326 e. The minimum Gasteiger partial charge on any atom is -0.480 e. The van der Waals surface area contributed by atoms with Crippen molar-refractivity contribution in [1.29, 1.82) is 0 Å². The molecule has 2 rings (SSSR count). The predicted molar refractivity (Wildman–Crippen MR) is 82.9 cm³/mol. The number of aliphatic carboxylic acids is 1. The van der Waals surface area contributed by atoms with E-state index in [1.165, 1.54) is 12.1 Å². The Morgan fingerprint density at radius 3 is 2.45 bits per heavy atom. The summed E-state index contributed by atoms with van der Waals surface area (Å²) >= 11 is 0. The third-order valence-electron chi connectivity index (χ3n) is 4.27. The number of nitrogens with two attached hydrogens (primary N) is 1. The van der Waals surface area contributed by atoms with Gasteiger partial charge in [-0.05, 0) is 31.9 Å². The number of nitro groups is 1. The second kappa shape index (κ2) is 6.74. The first-order chi connectivity index (χ1) is 10.4. The van der Waals surface area contributed by atoms with Crippen molar-refractivity contribution in [2.24, 2.45) is 5.73 Å². The van der Waals surface area contributed by atoms with Gasteiger partial charge < -0.3 is 15.7 Å². The SMILES string of the molecule is CC(C(=O)O)N(c1ccc([N+](=O)[O-])cc1)C1CCCCC1N. The summed E-state index contributed by atoms with van der Waals surface area (Å²) in [6.07, 6.45) is 3.75. The summed E-state index contributed by atoms with van der Waals surface area (Å²) in [5.74, 6) is -0.934. The van der Waals surface area contributed by atoms with Gasteiger partial charge in [-0.2, -0.15) is 0 Å². The highest BCUT2D eigenvalue weighted by molar-refractivity contribution is 5.78. The number of nitrogens with zero attached hydrogens (tertiary/aromatic N) is 2. The first kappa shape index (κ1) is 16.2. The van der Waals surface area contributed by atoms with E-state index in [4.69, 9.17) is 5.73 Å². The molecule has 3 unspecified atom stereocenters. The van der Waals surface area contributed by atoms with Crippen LogP contribution in [-0.4, -0.2) is 34.1 Å². The quantitative estimate of drug-likeness (QED) is 0.637. The van der Waals surface area contributed by atoms with Gasteiger partial charge in [0.25, 0.3) is 5.69 Å². The van der Waals surface area contributed by atoms with E-state index >= 15 is 0 Å². The number of hydrogen-bond donors (Lipinski definition) is 2. The molecule has 0 aromatic heterocycles. The Labute approximate surface area is 128 Å². The van der Waals surface area contributed by atoms with Crippen molar-refractivity contribution >= 4 is 17.3 Å². The van der Waals surface area contributed by atoms with Crippen molar-refractivity contribution in [3.05, 3.63) is 34.4 Å². The van der Waals surface area contributed by atoms with Crippen LogP contribution in [0, 0.1) is 10.1 Å². The Morgan fingerprint density at radius 2 is 1.95 bits per heavy atom. The van der Waals surface area contributed by atoms with Crippen molar-refractivity contribution in [3.63, 3.8) is 0 Å². The zero-order valence-corrected chi connectivity index (χ0v) is 12.5. The van der Waals surface area contributed by atoms with Gasteiger partial charge in [0.1, 0.15) is 6.04 Å². The molecule has 22 heavy (non-hydrogen) atoms. The molecule has 1 fully saturated rings. The van der Waals surface area contributed by atoms with Gasteiger partial charge in [0, 0.05) is 29.9 Å². The van der Waals surface area contributed by atoms with Crippen molar-refractivity contribution in [2.45, 2.75) is 50.7 Å². The first-order valence-corrected chi connectivity index (χ1v) is 7.43. The molecule has 3 N–H and O–H groups in total. The lowest BCUT2D eigenvalue weighted by Crippen LogP contribution is -2.55. The number of rotatable bonds is 5. The van der Waals surface area contributed by atoms with E-state index in [0.717, 1.165) is 25.7 Å². The van der Waals surface area contributed by atoms with E-state index in [0.29, 0.717) is 5.69 Å². The molecule has 3 atom stereocenters. The minimum atomic E-state index is -0.934. The molecule has 1 saturated carbocycles. The summed E-state index contributed by atoms with van der Waals surface area (Å²) in [7, 11) is 0. The third-order valence-corrected chi connectivity index (χ3v) is 4.27. The molecular formula is C15H21N3O4. The molecule has 0 aliphatic heterocycles. The van der Waals surface area contributed by atoms with E-state index in [1.807, 2.05) is 0 Å². The molecule has 0 heterocycles. The highest BCUT2D eigenvalue weighted by Gasteiger charge is 2.33. The smallest absolute Gasteiger partial charge is 0.326 e. The molecule has 1 aromatic rings. The van der Waals surface area contributed by atoms with Gasteiger partial charge in [-0.25, -0.2) is 4.79 Å². The van der Waals surface area contributed by atoms with Crippen LogP contribution in [0.3, 0.4) is 0 Å². The zero-order chi connectivity index (χ0) is 16.3. The lowest BCUT2D eigenvalue weighted by molar-refractivity contribution is -0.384. The number of anilines is 1. The lowest BCUT2D eigenvalue weighted by Gasteiger charge is -2.42. The summed E-state index contributed by atoms with van der Waals surface area (Å²) in [6.45, 7) is 1.62. The van der Waals surface area contributed by atoms with Crippen LogP contribution in [-0.2, 0) is 4.79 Å². The molecule has 0 radical (unpaired) electrons.